The average Bonchev–Trinajstić information content (AvgIpc) is 3.45. The molecule has 2 amide bonds. The van der Waals surface area contributed by atoms with Gasteiger partial charge in [0.25, 0.3) is 11.6 Å². The smallest absolute Gasteiger partial charge is 0.288 e. The molecular formula is C27H30ClN3O8. The van der Waals surface area contributed by atoms with Crippen molar-refractivity contribution in [2.24, 2.45) is 0 Å². The van der Waals surface area contributed by atoms with E-state index >= 15 is 0 Å². The van der Waals surface area contributed by atoms with Crippen LogP contribution in [0.1, 0.15) is 21.7 Å². The first-order valence-corrected chi connectivity index (χ1v) is 12.4. The highest BCUT2D eigenvalue weighted by molar-refractivity contribution is 6.32. The van der Waals surface area contributed by atoms with Crippen LogP contribution in [-0.4, -0.2) is 74.1 Å². The topological polar surface area (TPSA) is 125 Å². The van der Waals surface area contributed by atoms with E-state index in [9.17, 15) is 19.7 Å². The zero-order valence-electron chi connectivity index (χ0n) is 21.9. The number of nitro benzene ring substituents is 1. The Hall–Kier alpha value is -4.09. The van der Waals surface area contributed by atoms with Gasteiger partial charge in [-0.05, 0) is 48.4 Å². The van der Waals surface area contributed by atoms with Gasteiger partial charge in [0.2, 0.25) is 5.91 Å². The zero-order chi connectivity index (χ0) is 28.4. The van der Waals surface area contributed by atoms with Crippen molar-refractivity contribution in [3.63, 3.8) is 0 Å². The van der Waals surface area contributed by atoms with E-state index in [4.69, 9.17) is 30.2 Å². The van der Waals surface area contributed by atoms with Crippen LogP contribution in [0.3, 0.4) is 0 Å². The number of carbonyl (C=O) groups excluding carboxylic acids is 2. The number of amides is 2. The van der Waals surface area contributed by atoms with Gasteiger partial charge in [-0.25, -0.2) is 0 Å². The minimum absolute atomic E-state index is 0.0397. The average molecular weight is 560 g/mol. The first kappa shape index (κ1) is 29.5. The fourth-order valence-corrected chi connectivity index (χ4v) is 4.05. The number of hydrogen-bond donors (Lipinski definition) is 0. The van der Waals surface area contributed by atoms with Crippen molar-refractivity contribution in [2.45, 2.75) is 13.0 Å². The second kappa shape index (κ2) is 14.2. The number of halogens is 1. The molecule has 11 nitrogen and oxygen atoms in total. The number of methoxy groups -OCH3 is 3. The molecule has 12 heteroatoms. The third-order valence-corrected chi connectivity index (χ3v) is 6.29. The quantitative estimate of drug-likeness (QED) is 0.212. The van der Waals surface area contributed by atoms with Crippen LogP contribution < -0.4 is 9.47 Å². The fraction of sp³-hybridized carbons (Fsp3) is 0.333. The molecule has 0 N–H and O–H groups in total. The SMILES string of the molecule is COCCN(CC(=O)N(CCc1ccc(OC)c(OC)c1)Cc1ccco1)C(=O)c1ccc(Cl)c([N+](=O)[O-])c1. The van der Waals surface area contributed by atoms with E-state index in [0.29, 0.717) is 30.2 Å². The second-order valence-electron chi connectivity index (χ2n) is 8.48. The van der Waals surface area contributed by atoms with Crippen molar-refractivity contribution in [1.82, 2.24) is 9.80 Å². The van der Waals surface area contributed by atoms with Crippen LogP contribution in [0.4, 0.5) is 5.69 Å². The van der Waals surface area contributed by atoms with Crippen molar-refractivity contribution < 1.29 is 33.1 Å². The number of ether oxygens (including phenoxy) is 3. The Morgan fingerprint density at radius 3 is 2.41 bits per heavy atom. The third-order valence-electron chi connectivity index (χ3n) is 5.97. The van der Waals surface area contributed by atoms with Crippen molar-refractivity contribution in [3.8, 4) is 11.5 Å². The molecule has 208 valence electrons. The monoisotopic (exact) mass is 559 g/mol. The first-order valence-electron chi connectivity index (χ1n) is 12.0. The Labute approximate surface area is 230 Å². The predicted molar refractivity (Wildman–Crippen MR) is 143 cm³/mol. The summed E-state index contributed by atoms with van der Waals surface area (Å²) in [6.07, 6.45) is 2.02. The summed E-state index contributed by atoms with van der Waals surface area (Å²) in [5.74, 6) is 0.864. The molecule has 0 spiro atoms. The van der Waals surface area contributed by atoms with Crippen molar-refractivity contribution in [3.05, 3.63) is 86.8 Å². The molecule has 0 aliphatic rings. The molecule has 0 atom stereocenters. The van der Waals surface area contributed by atoms with Crippen molar-refractivity contribution >= 4 is 29.1 Å². The molecule has 0 unspecified atom stereocenters. The van der Waals surface area contributed by atoms with Crippen LogP contribution in [0.15, 0.2) is 59.2 Å². The maximum Gasteiger partial charge on any atom is 0.288 e. The molecule has 39 heavy (non-hydrogen) atoms. The Balaban J connectivity index is 1.81. The van der Waals surface area contributed by atoms with Gasteiger partial charge in [0, 0.05) is 31.8 Å². The number of carbonyl (C=O) groups is 2. The summed E-state index contributed by atoms with van der Waals surface area (Å²) in [6.45, 7) is 0.511. The number of benzene rings is 2. The van der Waals surface area contributed by atoms with E-state index < -0.39 is 16.5 Å². The lowest BCUT2D eigenvalue weighted by atomic mass is 10.1. The van der Waals surface area contributed by atoms with Gasteiger partial charge < -0.3 is 28.4 Å². The summed E-state index contributed by atoms with van der Waals surface area (Å²) < 4.78 is 21.3. The third kappa shape index (κ3) is 7.95. The molecule has 0 aliphatic carbocycles. The maximum atomic E-state index is 13.5. The molecule has 1 heterocycles. The highest BCUT2D eigenvalue weighted by Crippen LogP contribution is 2.28. The van der Waals surface area contributed by atoms with Crippen LogP contribution in [0.25, 0.3) is 0 Å². The van der Waals surface area contributed by atoms with Gasteiger partial charge in [-0.1, -0.05) is 17.7 Å². The molecule has 0 bridgehead atoms. The van der Waals surface area contributed by atoms with Crippen molar-refractivity contribution in [2.75, 3.05) is 47.6 Å². The Morgan fingerprint density at radius 2 is 1.77 bits per heavy atom. The fourth-order valence-electron chi connectivity index (χ4n) is 3.87. The molecule has 0 saturated heterocycles. The molecule has 3 aromatic rings. The highest BCUT2D eigenvalue weighted by atomic mass is 35.5. The van der Waals surface area contributed by atoms with E-state index in [1.54, 1.807) is 37.3 Å². The molecule has 3 rings (SSSR count). The number of rotatable bonds is 14. The number of nitrogens with zero attached hydrogens (tertiary/aromatic N) is 3. The number of hydrogen-bond acceptors (Lipinski definition) is 8. The van der Waals surface area contributed by atoms with Gasteiger partial charge in [-0.15, -0.1) is 0 Å². The van der Waals surface area contributed by atoms with Crippen LogP contribution in [-0.2, 0) is 22.5 Å². The minimum atomic E-state index is -0.664. The maximum absolute atomic E-state index is 13.5. The molecular weight excluding hydrogens is 530 g/mol. The molecule has 0 fully saturated rings. The van der Waals surface area contributed by atoms with E-state index in [1.165, 1.54) is 30.4 Å². The van der Waals surface area contributed by atoms with Crippen LogP contribution in [0.2, 0.25) is 5.02 Å². The predicted octanol–water partition coefficient (Wildman–Crippen LogP) is 4.22. The van der Waals surface area contributed by atoms with Crippen molar-refractivity contribution in [1.29, 1.82) is 0 Å². The van der Waals surface area contributed by atoms with Gasteiger partial charge in [0.05, 0.1) is 38.6 Å². The highest BCUT2D eigenvalue weighted by Gasteiger charge is 2.25. The molecule has 1 aromatic heterocycles. The molecule has 0 saturated carbocycles. The van der Waals surface area contributed by atoms with E-state index in [-0.39, 0.29) is 42.7 Å². The normalized spacial score (nSPS) is 10.7. The molecule has 0 aliphatic heterocycles. The minimum Gasteiger partial charge on any atom is -0.493 e. The Bertz CT molecular complexity index is 1280. The second-order valence-corrected chi connectivity index (χ2v) is 8.88. The van der Waals surface area contributed by atoms with Gasteiger partial charge in [0.1, 0.15) is 17.3 Å². The Morgan fingerprint density at radius 1 is 1.00 bits per heavy atom. The van der Waals surface area contributed by atoms with Crippen LogP contribution in [0.5, 0.6) is 11.5 Å². The van der Waals surface area contributed by atoms with E-state index in [2.05, 4.69) is 0 Å². The number of nitro groups is 1. The molecule has 0 radical (unpaired) electrons. The summed E-state index contributed by atoms with van der Waals surface area (Å²) in [5.41, 5.74) is 0.568. The summed E-state index contributed by atoms with van der Waals surface area (Å²) in [6, 6.07) is 12.8. The van der Waals surface area contributed by atoms with Gasteiger partial charge in [-0.3, -0.25) is 19.7 Å². The lowest BCUT2D eigenvalue weighted by molar-refractivity contribution is -0.384. The lowest BCUT2D eigenvalue weighted by Crippen LogP contribution is -2.44. The summed E-state index contributed by atoms with van der Waals surface area (Å²) in [7, 11) is 4.58. The van der Waals surface area contributed by atoms with Crippen LogP contribution >= 0.6 is 11.6 Å². The van der Waals surface area contributed by atoms with E-state index in [1.807, 2.05) is 12.1 Å². The van der Waals surface area contributed by atoms with Crippen LogP contribution in [0, 0.1) is 10.1 Å². The first-order chi connectivity index (χ1) is 18.8. The van der Waals surface area contributed by atoms with Gasteiger partial charge in [-0.2, -0.15) is 0 Å². The summed E-state index contributed by atoms with van der Waals surface area (Å²) in [4.78, 5) is 40.4. The number of furan rings is 1. The lowest BCUT2D eigenvalue weighted by Gasteiger charge is -2.27. The van der Waals surface area contributed by atoms with Gasteiger partial charge in [0.15, 0.2) is 11.5 Å². The Kier molecular flexibility index (Phi) is 10.7. The largest absolute Gasteiger partial charge is 0.493 e. The molecule has 2 aromatic carbocycles. The zero-order valence-corrected chi connectivity index (χ0v) is 22.7. The van der Waals surface area contributed by atoms with Gasteiger partial charge >= 0.3 is 0 Å². The summed E-state index contributed by atoms with van der Waals surface area (Å²) >= 11 is 5.90. The standard InChI is InChI=1S/C27H30ClN3O8/c1-36-14-12-30(27(33)20-7-8-22(28)23(16-20)31(34)35)18-26(32)29(17-21-5-4-13-39-21)11-10-19-6-9-24(37-2)25(15-19)38-3/h4-9,13,15-16H,10-12,14,17-18H2,1-3H3. The van der Waals surface area contributed by atoms with E-state index in [0.717, 1.165) is 11.6 Å². The summed E-state index contributed by atoms with van der Waals surface area (Å²) in [5, 5.41) is 11.2.